The van der Waals surface area contributed by atoms with Crippen molar-refractivity contribution in [2.75, 3.05) is 26.4 Å². The van der Waals surface area contributed by atoms with Crippen molar-refractivity contribution in [1.82, 2.24) is 0 Å². The molecule has 0 bridgehead atoms. The Hall–Kier alpha value is -1.15. The van der Waals surface area contributed by atoms with Gasteiger partial charge in [-0.05, 0) is 12.1 Å². The minimum Gasteiger partial charge on any atom is -0.490 e. The molecule has 0 aliphatic rings. The molecule has 96 valence electrons. The smallest absolute Gasteiger partial charge is 0.298 e. The van der Waals surface area contributed by atoms with Crippen LogP contribution in [0.3, 0.4) is 0 Å². The summed E-state index contributed by atoms with van der Waals surface area (Å²) in [5, 5.41) is 8.46. The van der Waals surface area contributed by atoms with Gasteiger partial charge >= 0.3 is 0 Å². The van der Waals surface area contributed by atoms with E-state index in [0.29, 0.717) is 0 Å². The molecular weight excluding hydrogens is 248 g/mol. The summed E-state index contributed by atoms with van der Waals surface area (Å²) in [6, 6.07) is 5.77. The average Bonchev–Trinajstić information content (AvgIpc) is 2.28. The number of rotatable bonds is 7. The quantitative estimate of drug-likeness (QED) is 0.543. The minimum absolute atomic E-state index is 0.0719. The Morgan fingerprint density at radius 3 is 2.47 bits per heavy atom. The van der Waals surface area contributed by atoms with Crippen LogP contribution in [0.1, 0.15) is 0 Å². The molecule has 0 amide bonds. The fourth-order valence-corrected chi connectivity index (χ4v) is 1.79. The summed E-state index contributed by atoms with van der Waals surface area (Å²) < 4.78 is 41.0. The SMILES string of the molecule is O=S(=O)(O)c1ccccc1OCCOCCO. The minimum atomic E-state index is -4.29. The summed E-state index contributed by atoms with van der Waals surface area (Å²) in [6.45, 7) is 0.470. The van der Waals surface area contributed by atoms with E-state index in [1.54, 1.807) is 6.07 Å². The molecule has 0 aliphatic heterocycles. The van der Waals surface area contributed by atoms with Crippen LogP contribution < -0.4 is 4.74 Å². The Morgan fingerprint density at radius 2 is 1.82 bits per heavy atom. The molecule has 0 unspecified atom stereocenters. The fourth-order valence-electron chi connectivity index (χ4n) is 1.16. The number of aliphatic hydroxyl groups is 1. The van der Waals surface area contributed by atoms with Gasteiger partial charge in [-0.2, -0.15) is 8.42 Å². The van der Waals surface area contributed by atoms with Crippen LogP contribution in [0, 0.1) is 0 Å². The topological polar surface area (TPSA) is 93.1 Å². The lowest BCUT2D eigenvalue weighted by Gasteiger charge is -2.09. The van der Waals surface area contributed by atoms with E-state index in [1.165, 1.54) is 18.2 Å². The molecule has 0 radical (unpaired) electrons. The number of aliphatic hydroxyl groups excluding tert-OH is 1. The molecule has 1 aromatic rings. The maximum absolute atomic E-state index is 11.0. The molecule has 6 nitrogen and oxygen atoms in total. The molecule has 0 saturated carbocycles. The highest BCUT2D eigenvalue weighted by Gasteiger charge is 2.15. The second-order valence-electron chi connectivity index (χ2n) is 3.11. The number of ether oxygens (including phenoxy) is 2. The first-order valence-electron chi connectivity index (χ1n) is 4.93. The average molecular weight is 262 g/mol. The van der Waals surface area contributed by atoms with E-state index < -0.39 is 10.1 Å². The van der Waals surface area contributed by atoms with Gasteiger partial charge in [0.05, 0.1) is 19.8 Å². The van der Waals surface area contributed by atoms with Gasteiger partial charge < -0.3 is 14.6 Å². The van der Waals surface area contributed by atoms with Crippen molar-refractivity contribution in [2.24, 2.45) is 0 Å². The fraction of sp³-hybridized carbons (Fsp3) is 0.400. The summed E-state index contributed by atoms with van der Waals surface area (Å²) >= 11 is 0. The number of para-hydroxylation sites is 1. The predicted molar refractivity (Wildman–Crippen MR) is 59.7 cm³/mol. The van der Waals surface area contributed by atoms with Crippen molar-refractivity contribution in [1.29, 1.82) is 0 Å². The zero-order chi connectivity index (χ0) is 12.7. The van der Waals surface area contributed by atoms with E-state index in [-0.39, 0.29) is 37.1 Å². The Balaban J connectivity index is 2.59. The van der Waals surface area contributed by atoms with Crippen LogP contribution in [-0.4, -0.2) is 44.5 Å². The van der Waals surface area contributed by atoms with Gasteiger partial charge in [0.2, 0.25) is 0 Å². The lowest BCUT2D eigenvalue weighted by Crippen LogP contribution is -2.11. The molecule has 0 aliphatic carbocycles. The Bertz CT molecular complexity index is 442. The zero-order valence-electron chi connectivity index (χ0n) is 9.07. The van der Waals surface area contributed by atoms with E-state index in [1.807, 2.05) is 0 Å². The largest absolute Gasteiger partial charge is 0.490 e. The van der Waals surface area contributed by atoms with E-state index in [0.717, 1.165) is 0 Å². The summed E-state index contributed by atoms with van der Waals surface area (Å²) in [6.07, 6.45) is 0. The van der Waals surface area contributed by atoms with Crippen molar-refractivity contribution in [3.63, 3.8) is 0 Å². The molecule has 0 heterocycles. The van der Waals surface area contributed by atoms with Gasteiger partial charge in [0.15, 0.2) is 0 Å². The van der Waals surface area contributed by atoms with E-state index in [2.05, 4.69) is 0 Å². The Morgan fingerprint density at radius 1 is 1.12 bits per heavy atom. The number of hydrogen-bond acceptors (Lipinski definition) is 5. The van der Waals surface area contributed by atoms with Crippen molar-refractivity contribution in [3.8, 4) is 5.75 Å². The van der Waals surface area contributed by atoms with Crippen LogP contribution in [0.25, 0.3) is 0 Å². The third-order valence-electron chi connectivity index (χ3n) is 1.85. The van der Waals surface area contributed by atoms with Crippen molar-refractivity contribution < 1.29 is 27.6 Å². The second kappa shape index (κ2) is 6.55. The standard InChI is InChI=1S/C10H14O6S/c11-5-6-15-7-8-16-9-3-1-2-4-10(9)17(12,13)14/h1-4,11H,5-8H2,(H,12,13,14). The van der Waals surface area contributed by atoms with Crippen molar-refractivity contribution >= 4 is 10.1 Å². The van der Waals surface area contributed by atoms with Crippen LogP contribution in [-0.2, 0) is 14.9 Å². The first kappa shape index (κ1) is 13.9. The first-order chi connectivity index (χ1) is 8.05. The van der Waals surface area contributed by atoms with Crippen LogP contribution in [0.2, 0.25) is 0 Å². The highest BCUT2D eigenvalue weighted by atomic mass is 32.2. The predicted octanol–water partition coefficient (Wildman–Crippen LogP) is 0.321. The molecule has 1 rings (SSSR count). The number of hydrogen-bond donors (Lipinski definition) is 2. The summed E-state index contributed by atoms with van der Waals surface area (Å²) in [4.78, 5) is -0.276. The van der Waals surface area contributed by atoms with Gasteiger partial charge in [-0.1, -0.05) is 12.1 Å². The van der Waals surface area contributed by atoms with Gasteiger partial charge in [-0.25, -0.2) is 0 Å². The summed E-state index contributed by atoms with van der Waals surface area (Å²) in [5.74, 6) is 0.0719. The molecular formula is C10H14O6S. The molecule has 0 saturated heterocycles. The van der Waals surface area contributed by atoms with E-state index in [4.69, 9.17) is 19.1 Å². The molecule has 7 heteroatoms. The van der Waals surface area contributed by atoms with Crippen LogP contribution >= 0.6 is 0 Å². The van der Waals surface area contributed by atoms with Crippen LogP contribution in [0.5, 0.6) is 5.75 Å². The first-order valence-corrected chi connectivity index (χ1v) is 6.37. The van der Waals surface area contributed by atoms with Gasteiger partial charge in [0.25, 0.3) is 10.1 Å². The maximum Gasteiger partial charge on any atom is 0.298 e. The third kappa shape index (κ3) is 4.70. The van der Waals surface area contributed by atoms with E-state index >= 15 is 0 Å². The molecule has 0 fully saturated rings. The molecule has 0 spiro atoms. The third-order valence-corrected chi connectivity index (χ3v) is 2.74. The van der Waals surface area contributed by atoms with Gasteiger partial charge in [0, 0.05) is 0 Å². The molecule has 2 N–H and O–H groups in total. The van der Waals surface area contributed by atoms with Crippen molar-refractivity contribution in [3.05, 3.63) is 24.3 Å². The highest BCUT2D eigenvalue weighted by molar-refractivity contribution is 7.86. The summed E-state index contributed by atoms with van der Waals surface area (Å²) in [7, 11) is -4.29. The van der Waals surface area contributed by atoms with Gasteiger partial charge in [-0.15, -0.1) is 0 Å². The Labute approximate surface area is 99.5 Å². The molecule has 0 aromatic heterocycles. The van der Waals surface area contributed by atoms with Crippen LogP contribution in [0.15, 0.2) is 29.2 Å². The monoisotopic (exact) mass is 262 g/mol. The summed E-state index contributed by atoms with van der Waals surface area (Å²) in [5.41, 5.74) is 0. The molecule has 1 aromatic carbocycles. The molecule has 0 atom stereocenters. The maximum atomic E-state index is 11.0. The lowest BCUT2D eigenvalue weighted by molar-refractivity contribution is 0.0698. The number of benzene rings is 1. The second-order valence-corrected chi connectivity index (χ2v) is 4.50. The normalized spacial score (nSPS) is 11.4. The molecule has 17 heavy (non-hydrogen) atoms. The van der Waals surface area contributed by atoms with Crippen molar-refractivity contribution in [2.45, 2.75) is 4.90 Å². The van der Waals surface area contributed by atoms with E-state index in [9.17, 15) is 8.42 Å². The zero-order valence-corrected chi connectivity index (χ0v) is 9.89. The highest BCUT2D eigenvalue weighted by Crippen LogP contribution is 2.22. The van der Waals surface area contributed by atoms with Gasteiger partial charge in [-0.3, -0.25) is 4.55 Å². The lowest BCUT2D eigenvalue weighted by atomic mass is 10.3. The Kier molecular flexibility index (Phi) is 5.36. The van der Waals surface area contributed by atoms with Crippen LogP contribution in [0.4, 0.5) is 0 Å². The van der Waals surface area contributed by atoms with Gasteiger partial charge in [0.1, 0.15) is 17.3 Å².